The Morgan fingerprint density at radius 3 is 2.23 bits per heavy atom. The van der Waals surface area contributed by atoms with E-state index in [1.54, 1.807) is 25.5 Å². The maximum Gasteiger partial charge on any atom is 0.416 e. The van der Waals surface area contributed by atoms with Gasteiger partial charge in [0, 0.05) is 24.5 Å². The summed E-state index contributed by atoms with van der Waals surface area (Å²) in [6.45, 7) is 0.922. The summed E-state index contributed by atoms with van der Waals surface area (Å²) < 4.78 is 86.3. The van der Waals surface area contributed by atoms with Gasteiger partial charge in [-0.1, -0.05) is 36.4 Å². The molecule has 4 rings (SSSR count). The molecule has 2 heterocycles. The quantitative estimate of drug-likeness (QED) is 0.166. The summed E-state index contributed by atoms with van der Waals surface area (Å²) in [5.41, 5.74) is -1.20. The van der Waals surface area contributed by atoms with E-state index in [1.165, 1.54) is 0 Å². The number of halogens is 6. The zero-order chi connectivity index (χ0) is 29.0. The summed E-state index contributed by atoms with van der Waals surface area (Å²) in [7, 11) is 1.80. The first-order valence-corrected chi connectivity index (χ1v) is 12.8. The minimum absolute atomic E-state index is 0.0182. The van der Waals surface area contributed by atoms with Gasteiger partial charge >= 0.3 is 18.8 Å². The molecule has 5 nitrogen and oxygen atoms in total. The molecular weight excluding hydrogens is 536 g/mol. The number of aromatic nitrogens is 1. The van der Waals surface area contributed by atoms with Crippen molar-refractivity contribution < 1.29 is 40.4 Å². The minimum atomic E-state index is -4.93. The molecule has 3 atom stereocenters. The van der Waals surface area contributed by atoms with E-state index in [0.29, 0.717) is 44.7 Å². The maximum absolute atomic E-state index is 13.4. The van der Waals surface area contributed by atoms with Crippen molar-refractivity contribution in [2.45, 2.75) is 50.5 Å². The Hall–Kier alpha value is -3.28. The van der Waals surface area contributed by atoms with E-state index in [9.17, 15) is 31.1 Å². The van der Waals surface area contributed by atoms with Crippen LogP contribution in [0.15, 0.2) is 73.1 Å². The first-order valence-electron chi connectivity index (χ1n) is 12.8. The lowest BCUT2D eigenvalue weighted by atomic mass is 9.92. The zero-order valence-corrected chi connectivity index (χ0v) is 21.8. The smallest absolute Gasteiger partial charge is 0.372 e. The van der Waals surface area contributed by atoms with Crippen LogP contribution in [0.5, 0.6) is 0 Å². The minimum Gasteiger partial charge on any atom is -0.372 e. The molecule has 11 heteroatoms. The highest BCUT2D eigenvalue weighted by molar-refractivity contribution is 5.37. The normalized spacial score (nSPS) is 20.2. The van der Waals surface area contributed by atoms with Crippen molar-refractivity contribution in [2.75, 3.05) is 20.3 Å². The molecule has 1 aliphatic rings. The molecule has 1 saturated heterocycles. The average Bonchev–Trinajstić information content (AvgIpc) is 2.92. The van der Waals surface area contributed by atoms with E-state index in [-0.39, 0.29) is 22.2 Å². The third-order valence-corrected chi connectivity index (χ3v) is 6.96. The molecule has 0 N–H and O–H groups in total. The molecule has 0 radical (unpaired) electrons. The van der Waals surface area contributed by atoms with Crippen molar-refractivity contribution in [3.63, 3.8) is 0 Å². The third kappa shape index (κ3) is 7.47. The van der Waals surface area contributed by atoms with Gasteiger partial charge in [-0.2, -0.15) is 26.3 Å². The predicted octanol–water partition coefficient (Wildman–Crippen LogP) is 6.60. The highest BCUT2D eigenvalue weighted by atomic mass is 19.4. The van der Waals surface area contributed by atoms with E-state index in [2.05, 4.69) is 9.88 Å². The molecule has 40 heavy (non-hydrogen) atoms. The summed E-state index contributed by atoms with van der Waals surface area (Å²) in [5, 5.41) is 0. The Balaban J connectivity index is 1.60. The highest BCUT2D eigenvalue weighted by Crippen LogP contribution is 2.38. The number of benzene rings is 2. The number of pyridine rings is 1. The molecule has 3 aromatic rings. The van der Waals surface area contributed by atoms with Crippen LogP contribution in [-0.2, 0) is 35.0 Å². The summed E-state index contributed by atoms with van der Waals surface area (Å²) >= 11 is 0. The van der Waals surface area contributed by atoms with Crippen LogP contribution in [0.25, 0.3) is 0 Å². The fourth-order valence-electron chi connectivity index (χ4n) is 5.19. The molecule has 1 aliphatic heterocycles. The Morgan fingerprint density at radius 1 is 0.975 bits per heavy atom. The zero-order valence-electron chi connectivity index (χ0n) is 21.8. The van der Waals surface area contributed by atoms with Crippen molar-refractivity contribution in [1.82, 2.24) is 9.88 Å². The molecule has 214 valence electrons. The SMILES string of the molecule is C[N+](C=O)(Cc1cccnc1)CN1CCC[C@H](OCc2cc(C(F)(F)F)cc(C(F)(F)F)c2)[C@@H]1c1ccccc1. The first-order chi connectivity index (χ1) is 18.9. The van der Waals surface area contributed by atoms with Gasteiger partial charge in [-0.05, 0) is 48.2 Å². The number of carbonyl (C=O) groups is 1. The van der Waals surface area contributed by atoms with Crippen LogP contribution in [0.4, 0.5) is 26.3 Å². The Labute approximate surface area is 228 Å². The van der Waals surface area contributed by atoms with Crippen LogP contribution >= 0.6 is 0 Å². The average molecular weight is 567 g/mol. The number of nitrogens with zero attached hydrogens (tertiary/aromatic N) is 3. The fraction of sp³-hybridized carbons (Fsp3) is 0.379. The second-order valence-corrected chi connectivity index (χ2v) is 10.3. The highest BCUT2D eigenvalue weighted by Gasteiger charge is 2.39. The Morgan fingerprint density at radius 2 is 1.65 bits per heavy atom. The van der Waals surface area contributed by atoms with E-state index in [1.807, 2.05) is 36.4 Å². The lowest BCUT2D eigenvalue weighted by Crippen LogP contribution is -2.54. The monoisotopic (exact) mass is 566 g/mol. The molecule has 2 aromatic carbocycles. The van der Waals surface area contributed by atoms with Gasteiger partial charge in [0.05, 0.1) is 36.9 Å². The van der Waals surface area contributed by atoms with Crippen molar-refractivity contribution >= 4 is 6.41 Å². The summed E-state index contributed by atoms with van der Waals surface area (Å²) in [6, 6.07) is 14.2. The van der Waals surface area contributed by atoms with Gasteiger partial charge in [0.1, 0.15) is 13.2 Å². The molecule has 0 spiro atoms. The summed E-state index contributed by atoms with van der Waals surface area (Å²) in [4.78, 5) is 18.5. The van der Waals surface area contributed by atoms with Gasteiger partial charge < -0.3 is 4.74 Å². The molecule has 0 aliphatic carbocycles. The second kappa shape index (κ2) is 12.1. The van der Waals surface area contributed by atoms with Crippen molar-refractivity contribution in [1.29, 1.82) is 0 Å². The molecule has 1 fully saturated rings. The Bertz CT molecular complexity index is 1240. The Kier molecular flexibility index (Phi) is 8.96. The number of likely N-dealkylation sites (tertiary alicyclic amines) is 1. The van der Waals surface area contributed by atoms with Crippen LogP contribution in [0.3, 0.4) is 0 Å². The van der Waals surface area contributed by atoms with E-state index in [0.717, 1.165) is 17.5 Å². The number of rotatable bonds is 9. The molecule has 1 aromatic heterocycles. The maximum atomic E-state index is 13.4. The number of piperidine rings is 1. The number of ether oxygens (including phenoxy) is 1. The van der Waals surface area contributed by atoms with Crippen molar-refractivity contribution in [2.24, 2.45) is 0 Å². The largest absolute Gasteiger partial charge is 0.416 e. The molecule has 1 unspecified atom stereocenters. The summed E-state index contributed by atoms with van der Waals surface area (Å²) in [5.74, 6) is 0. The number of quaternary nitrogens is 1. The predicted molar refractivity (Wildman–Crippen MR) is 135 cm³/mol. The lowest BCUT2D eigenvalue weighted by Gasteiger charge is -2.44. The van der Waals surface area contributed by atoms with Crippen LogP contribution < -0.4 is 0 Å². The van der Waals surface area contributed by atoms with Crippen molar-refractivity contribution in [3.8, 4) is 0 Å². The van der Waals surface area contributed by atoms with Gasteiger partial charge in [0.25, 0.3) is 0 Å². The number of hydrogen-bond acceptors (Lipinski definition) is 4. The van der Waals surface area contributed by atoms with Crippen LogP contribution in [-0.4, -0.2) is 47.1 Å². The molecule has 0 saturated carbocycles. The van der Waals surface area contributed by atoms with Gasteiger partial charge in [-0.15, -0.1) is 0 Å². The molecular formula is C29H30F6N3O2+. The topological polar surface area (TPSA) is 42.4 Å². The van der Waals surface area contributed by atoms with Crippen LogP contribution in [0, 0.1) is 0 Å². The standard InChI is InChI=1S/C29H30F6N3O2/c1-38(20-39,17-21-7-5-11-36-16-21)19-37-12-6-10-26(27(37)23-8-3-2-4-9-23)40-18-22-13-24(28(30,31)32)15-25(14-22)29(33,34)35/h2-5,7-9,11,13-16,20,26-27H,6,10,12,17-19H2,1H3/q+1/t26-,27-,38?/m0/s1. The molecule has 1 amide bonds. The van der Waals surface area contributed by atoms with Crippen LogP contribution in [0.1, 0.15) is 46.7 Å². The van der Waals surface area contributed by atoms with Gasteiger partial charge in [-0.3, -0.25) is 4.98 Å². The van der Waals surface area contributed by atoms with Crippen LogP contribution in [0.2, 0.25) is 0 Å². The first kappa shape index (κ1) is 29.7. The van der Waals surface area contributed by atoms with Crippen molar-refractivity contribution in [3.05, 3.63) is 101 Å². The molecule has 0 bridgehead atoms. The van der Waals surface area contributed by atoms with E-state index in [4.69, 9.17) is 4.74 Å². The van der Waals surface area contributed by atoms with Gasteiger partial charge in [0.2, 0.25) is 0 Å². The van der Waals surface area contributed by atoms with E-state index >= 15 is 0 Å². The number of hydrogen-bond donors (Lipinski definition) is 0. The third-order valence-electron chi connectivity index (χ3n) is 6.96. The van der Waals surface area contributed by atoms with Gasteiger partial charge in [-0.25, -0.2) is 14.2 Å². The van der Waals surface area contributed by atoms with Gasteiger partial charge in [0.15, 0.2) is 0 Å². The number of amides is 1. The second-order valence-electron chi connectivity index (χ2n) is 10.3. The lowest BCUT2D eigenvalue weighted by molar-refractivity contribution is -0.851. The number of alkyl halides is 6. The fourth-order valence-corrected chi connectivity index (χ4v) is 5.19. The number of carbonyl (C=O) groups excluding carboxylic acids is 1. The summed E-state index contributed by atoms with van der Waals surface area (Å²) in [6.07, 6.45) is -4.97. The van der Waals surface area contributed by atoms with E-state index < -0.39 is 36.2 Å².